The number of anilines is 2. The third-order valence-electron chi connectivity index (χ3n) is 5.17. The van der Waals surface area contributed by atoms with E-state index in [0.717, 1.165) is 0 Å². The molecule has 34 heavy (non-hydrogen) atoms. The maximum absolute atomic E-state index is 13.2. The first-order valence-corrected chi connectivity index (χ1v) is 10.8. The van der Waals surface area contributed by atoms with Crippen LogP contribution in [-0.4, -0.2) is 46.0 Å². The largest absolute Gasteiger partial charge is 0.497 e. The molecule has 172 valence electrons. The number of carbonyl (C=O) groups is 3. The van der Waals surface area contributed by atoms with Crippen LogP contribution in [0.15, 0.2) is 79.1 Å². The highest BCUT2D eigenvalue weighted by atomic mass is 32.1. The number of amides is 3. The van der Waals surface area contributed by atoms with Crippen LogP contribution in [0.1, 0.15) is 16.8 Å². The minimum atomic E-state index is -1.06. The topological polar surface area (TPSA) is 104 Å². The van der Waals surface area contributed by atoms with Gasteiger partial charge in [-0.3, -0.25) is 29.7 Å². The number of thiocarbonyl (C=S) groups is 1. The van der Waals surface area contributed by atoms with E-state index in [2.05, 4.69) is 15.7 Å². The highest BCUT2D eigenvalue weighted by Crippen LogP contribution is 2.25. The first kappa shape index (κ1) is 22.9. The number of rotatable bonds is 6. The summed E-state index contributed by atoms with van der Waals surface area (Å²) in [6, 6.07) is 17.6. The molecule has 1 aromatic heterocycles. The second-order valence-electron chi connectivity index (χ2n) is 7.33. The number of aromatic nitrogens is 1. The Bertz CT molecular complexity index is 1210. The van der Waals surface area contributed by atoms with E-state index in [-0.39, 0.29) is 17.4 Å². The Hall–Kier alpha value is -4.31. The highest BCUT2D eigenvalue weighted by Gasteiger charge is 2.41. The molecule has 1 fully saturated rings. The van der Waals surface area contributed by atoms with E-state index in [0.29, 0.717) is 22.7 Å². The molecule has 0 saturated carbocycles. The predicted octanol–water partition coefficient (Wildman–Crippen LogP) is 2.77. The van der Waals surface area contributed by atoms with Crippen molar-refractivity contribution in [1.82, 2.24) is 15.4 Å². The molecular weight excluding hydrogens is 454 g/mol. The van der Waals surface area contributed by atoms with Gasteiger partial charge in [-0.15, -0.1) is 0 Å². The summed E-state index contributed by atoms with van der Waals surface area (Å²) in [7, 11) is 1.55. The van der Waals surface area contributed by atoms with Crippen molar-refractivity contribution in [3.8, 4) is 5.75 Å². The van der Waals surface area contributed by atoms with Crippen molar-refractivity contribution in [3.63, 3.8) is 0 Å². The Morgan fingerprint density at radius 2 is 1.71 bits per heavy atom. The molecule has 3 amide bonds. The number of nitrogens with one attached hydrogen (secondary N) is 2. The van der Waals surface area contributed by atoms with Crippen LogP contribution in [-0.2, 0) is 9.59 Å². The van der Waals surface area contributed by atoms with Gasteiger partial charge in [0.15, 0.2) is 0 Å². The molecule has 9 nitrogen and oxygen atoms in total. The second-order valence-corrected chi connectivity index (χ2v) is 7.70. The minimum Gasteiger partial charge on any atom is -0.497 e. The first-order valence-electron chi connectivity index (χ1n) is 10.3. The zero-order valence-corrected chi connectivity index (χ0v) is 19.0. The Kier molecular flexibility index (Phi) is 6.79. The SMILES string of the molecule is COc1ccc(NC(=O)[C@H]2CC(=O)N(c3ccccc3)C(=S)N2NC(=O)c2ccncc2)cc1. The van der Waals surface area contributed by atoms with Gasteiger partial charge in [0, 0.05) is 23.6 Å². The van der Waals surface area contributed by atoms with Crippen molar-refractivity contribution >= 4 is 46.4 Å². The zero-order valence-electron chi connectivity index (χ0n) is 18.2. The predicted molar refractivity (Wildman–Crippen MR) is 130 cm³/mol. The number of benzene rings is 2. The molecule has 1 atom stereocenters. The molecule has 1 saturated heterocycles. The van der Waals surface area contributed by atoms with Crippen LogP contribution in [0.2, 0.25) is 0 Å². The average molecular weight is 476 g/mol. The van der Waals surface area contributed by atoms with Gasteiger partial charge in [-0.2, -0.15) is 0 Å². The van der Waals surface area contributed by atoms with Crippen LogP contribution in [0.5, 0.6) is 5.75 Å². The van der Waals surface area contributed by atoms with Crippen molar-refractivity contribution in [2.24, 2.45) is 0 Å². The van der Waals surface area contributed by atoms with Gasteiger partial charge < -0.3 is 10.1 Å². The van der Waals surface area contributed by atoms with Gasteiger partial charge in [-0.25, -0.2) is 5.01 Å². The average Bonchev–Trinajstić information content (AvgIpc) is 2.87. The normalized spacial score (nSPS) is 15.6. The van der Waals surface area contributed by atoms with Crippen molar-refractivity contribution < 1.29 is 19.1 Å². The Morgan fingerprint density at radius 3 is 2.35 bits per heavy atom. The monoisotopic (exact) mass is 475 g/mol. The highest BCUT2D eigenvalue weighted by molar-refractivity contribution is 7.80. The number of methoxy groups -OCH3 is 1. The molecule has 1 aliphatic heterocycles. The zero-order chi connectivity index (χ0) is 24.1. The van der Waals surface area contributed by atoms with Gasteiger partial charge in [0.2, 0.25) is 16.9 Å². The molecule has 0 unspecified atom stereocenters. The summed E-state index contributed by atoms with van der Waals surface area (Å²) in [5.41, 5.74) is 4.07. The number of hydrogen-bond acceptors (Lipinski definition) is 6. The van der Waals surface area contributed by atoms with Gasteiger partial charge in [0.05, 0.1) is 19.2 Å². The smallest absolute Gasteiger partial charge is 0.269 e. The van der Waals surface area contributed by atoms with E-state index in [4.69, 9.17) is 17.0 Å². The van der Waals surface area contributed by atoms with Crippen LogP contribution in [0.25, 0.3) is 0 Å². The molecule has 3 aromatic rings. The maximum Gasteiger partial charge on any atom is 0.269 e. The lowest BCUT2D eigenvalue weighted by atomic mass is 10.1. The number of hydrazine groups is 1. The fourth-order valence-corrected chi connectivity index (χ4v) is 3.82. The third kappa shape index (κ3) is 4.86. The second kappa shape index (κ2) is 10.1. The molecule has 1 aliphatic rings. The molecule has 0 aliphatic carbocycles. The summed E-state index contributed by atoms with van der Waals surface area (Å²) in [6.45, 7) is 0. The van der Waals surface area contributed by atoms with E-state index in [1.165, 1.54) is 34.4 Å². The van der Waals surface area contributed by atoms with Crippen molar-refractivity contribution in [2.45, 2.75) is 12.5 Å². The van der Waals surface area contributed by atoms with Crippen LogP contribution in [0.4, 0.5) is 11.4 Å². The lowest BCUT2D eigenvalue weighted by molar-refractivity contribution is -0.127. The quantitative estimate of drug-likeness (QED) is 0.529. The molecular formula is C24H21N5O4S. The molecule has 2 N–H and O–H groups in total. The first-order chi connectivity index (χ1) is 16.5. The summed E-state index contributed by atoms with van der Waals surface area (Å²) < 4.78 is 5.14. The number of nitrogens with zero attached hydrogens (tertiary/aromatic N) is 3. The van der Waals surface area contributed by atoms with Crippen molar-refractivity contribution in [1.29, 1.82) is 0 Å². The third-order valence-corrected chi connectivity index (χ3v) is 5.54. The molecule has 0 spiro atoms. The Morgan fingerprint density at radius 1 is 1.03 bits per heavy atom. The van der Waals surface area contributed by atoms with Crippen molar-refractivity contribution in [2.75, 3.05) is 17.3 Å². The van der Waals surface area contributed by atoms with E-state index in [1.54, 1.807) is 55.6 Å². The molecule has 0 radical (unpaired) electrons. The summed E-state index contributed by atoms with van der Waals surface area (Å²) in [5.74, 6) is -0.713. The van der Waals surface area contributed by atoms with Crippen molar-refractivity contribution in [3.05, 3.63) is 84.7 Å². The molecule has 0 bridgehead atoms. The number of carbonyl (C=O) groups excluding carboxylic acids is 3. The summed E-state index contributed by atoms with van der Waals surface area (Å²) >= 11 is 5.58. The summed E-state index contributed by atoms with van der Waals surface area (Å²) in [6.07, 6.45) is 2.77. The number of ether oxygens (including phenoxy) is 1. The van der Waals surface area contributed by atoms with E-state index in [9.17, 15) is 14.4 Å². The molecule has 2 heterocycles. The van der Waals surface area contributed by atoms with Crippen LogP contribution >= 0.6 is 12.2 Å². The Labute approximate surface area is 201 Å². The summed E-state index contributed by atoms with van der Waals surface area (Å²) in [4.78, 5) is 44.4. The van der Waals surface area contributed by atoms with Gasteiger partial charge in [0.25, 0.3) is 5.91 Å². The van der Waals surface area contributed by atoms with Gasteiger partial charge in [-0.1, -0.05) is 18.2 Å². The number of pyridine rings is 1. The van der Waals surface area contributed by atoms with E-state index < -0.39 is 17.9 Å². The van der Waals surface area contributed by atoms with Crippen LogP contribution in [0.3, 0.4) is 0 Å². The minimum absolute atomic E-state index is 0.0141. The lowest BCUT2D eigenvalue weighted by Crippen LogP contribution is -2.65. The standard InChI is InChI=1S/C24H21N5O4S/c1-33-19-9-7-17(8-10-19)26-23(32)20-15-21(30)28(18-5-3-2-4-6-18)24(34)29(20)27-22(31)16-11-13-25-14-12-16/h2-14,20H,15H2,1H3,(H,26,32)(H,27,31)/t20-/m1/s1. The van der Waals surface area contributed by atoms with Crippen LogP contribution < -0.4 is 20.4 Å². The van der Waals surface area contributed by atoms with Gasteiger partial charge in [-0.05, 0) is 60.7 Å². The van der Waals surface area contributed by atoms with E-state index in [1.807, 2.05) is 6.07 Å². The van der Waals surface area contributed by atoms with Gasteiger partial charge in [0.1, 0.15) is 11.8 Å². The molecule has 2 aromatic carbocycles. The number of hydrogen-bond donors (Lipinski definition) is 2. The lowest BCUT2D eigenvalue weighted by Gasteiger charge is -2.41. The molecule has 4 rings (SSSR count). The van der Waals surface area contributed by atoms with Crippen LogP contribution in [0, 0.1) is 0 Å². The fraction of sp³-hybridized carbons (Fsp3) is 0.125. The summed E-state index contributed by atoms with van der Waals surface area (Å²) in [5, 5.41) is 4.02. The van der Waals surface area contributed by atoms with Gasteiger partial charge >= 0.3 is 0 Å². The van der Waals surface area contributed by atoms with E-state index >= 15 is 0 Å². The maximum atomic E-state index is 13.2. The fourth-order valence-electron chi connectivity index (χ4n) is 3.44. The number of para-hydroxylation sites is 1. The Balaban J connectivity index is 1.62. The molecule has 10 heteroatoms.